The van der Waals surface area contributed by atoms with Crippen LogP contribution in [-0.4, -0.2) is 28.5 Å². The molecule has 6 heteroatoms. The van der Waals surface area contributed by atoms with Crippen LogP contribution < -0.4 is 5.73 Å². The van der Waals surface area contributed by atoms with E-state index in [9.17, 15) is 4.79 Å². The van der Waals surface area contributed by atoms with Gasteiger partial charge in [0.2, 0.25) is 0 Å². The summed E-state index contributed by atoms with van der Waals surface area (Å²) in [5.41, 5.74) is 6.60. The third-order valence-electron chi connectivity index (χ3n) is 2.53. The molecule has 15 heavy (non-hydrogen) atoms. The Hall–Kier alpha value is -1.43. The van der Waals surface area contributed by atoms with Gasteiger partial charge in [0.25, 0.3) is 0 Å². The number of rotatable bonds is 4. The summed E-state index contributed by atoms with van der Waals surface area (Å²) in [5, 5.41) is 10.0. The maximum Gasteiger partial charge on any atom is 0.360 e. The summed E-state index contributed by atoms with van der Waals surface area (Å²) in [6.45, 7) is 4.03. The van der Waals surface area contributed by atoms with Crippen molar-refractivity contribution in [3.63, 3.8) is 0 Å². The number of ether oxygens (including phenoxy) is 1. The molecule has 0 saturated carbocycles. The number of H-pyrrole nitrogens is 1. The Balaban J connectivity index is 2.94. The van der Waals surface area contributed by atoms with Crippen LogP contribution in [0.4, 0.5) is 0 Å². The summed E-state index contributed by atoms with van der Waals surface area (Å²) in [6, 6.07) is -0.303. The maximum absolute atomic E-state index is 11.3. The number of esters is 1. The quantitative estimate of drug-likeness (QED) is 0.714. The molecular formula is C9H16N4O2. The molecule has 0 aliphatic rings. The van der Waals surface area contributed by atoms with E-state index in [-0.39, 0.29) is 17.7 Å². The van der Waals surface area contributed by atoms with Crippen LogP contribution in [0.25, 0.3) is 0 Å². The van der Waals surface area contributed by atoms with Crippen LogP contribution in [0.15, 0.2) is 0 Å². The van der Waals surface area contributed by atoms with Gasteiger partial charge >= 0.3 is 5.97 Å². The first-order chi connectivity index (χ1) is 7.11. The summed E-state index contributed by atoms with van der Waals surface area (Å²) in [4.78, 5) is 11.3. The van der Waals surface area contributed by atoms with Crippen LogP contribution in [0.2, 0.25) is 0 Å². The number of nitrogens with two attached hydrogens (primary N) is 1. The van der Waals surface area contributed by atoms with E-state index in [0.29, 0.717) is 5.69 Å². The fraction of sp³-hybridized carbons (Fsp3) is 0.667. The molecule has 1 heterocycles. The van der Waals surface area contributed by atoms with Crippen molar-refractivity contribution in [1.29, 1.82) is 0 Å². The van der Waals surface area contributed by atoms with Crippen molar-refractivity contribution < 1.29 is 9.53 Å². The normalized spacial score (nSPS) is 14.7. The predicted molar refractivity (Wildman–Crippen MR) is 54.1 cm³/mol. The van der Waals surface area contributed by atoms with Crippen molar-refractivity contribution in [2.24, 2.45) is 11.7 Å². The third kappa shape index (κ3) is 2.33. The lowest BCUT2D eigenvalue weighted by atomic mass is 9.96. The van der Waals surface area contributed by atoms with Gasteiger partial charge in [-0.1, -0.05) is 20.3 Å². The van der Waals surface area contributed by atoms with Crippen LogP contribution in [0.1, 0.15) is 42.5 Å². The second kappa shape index (κ2) is 4.88. The first-order valence-corrected chi connectivity index (χ1v) is 4.86. The van der Waals surface area contributed by atoms with Gasteiger partial charge in [0.15, 0.2) is 5.69 Å². The number of nitrogens with zero attached hydrogens (tertiary/aromatic N) is 2. The number of carbonyl (C=O) groups excluding carboxylic acids is 1. The zero-order valence-corrected chi connectivity index (χ0v) is 9.15. The van der Waals surface area contributed by atoms with Gasteiger partial charge in [0, 0.05) is 0 Å². The van der Waals surface area contributed by atoms with E-state index >= 15 is 0 Å². The van der Waals surface area contributed by atoms with E-state index < -0.39 is 5.97 Å². The molecule has 0 spiro atoms. The van der Waals surface area contributed by atoms with E-state index in [1.807, 2.05) is 13.8 Å². The number of aromatic amines is 1. The molecule has 0 bridgehead atoms. The van der Waals surface area contributed by atoms with Gasteiger partial charge in [-0.05, 0) is 5.92 Å². The largest absolute Gasteiger partial charge is 0.464 e. The number of hydrogen-bond acceptors (Lipinski definition) is 5. The number of carbonyl (C=O) groups is 1. The average molecular weight is 212 g/mol. The molecule has 2 unspecified atom stereocenters. The third-order valence-corrected chi connectivity index (χ3v) is 2.53. The van der Waals surface area contributed by atoms with Crippen molar-refractivity contribution >= 4 is 5.97 Å². The number of aromatic nitrogens is 3. The van der Waals surface area contributed by atoms with E-state index in [0.717, 1.165) is 6.42 Å². The Kier molecular flexibility index (Phi) is 3.79. The predicted octanol–water partition coefficient (Wildman–Crippen LogP) is 0.637. The lowest BCUT2D eigenvalue weighted by Gasteiger charge is -2.15. The molecule has 1 aromatic heterocycles. The van der Waals surface area contributed by atoms with Crippen molar-refractivity contribution in [3.05, 3.63) is 11.4 Å². The second-order valence-corrected chi connectivity index (χ2v) is 3.46. The topological polar surface area (TPSA) is 93.9 Å². The maximum atomic E-state index is 11.3. The van der Waals surface area contributed by atoms with Crippen LogP contribution in [0, 0.1) is 5.92 Å². The van der Waals surface area contributed by atoms with E-state index in [1.165, 1.54) is 7.11 Å². The van der Waals surface area contributed by atoms with Crippen molar-refractivity contribution in [3.8, 4) is 0 Å². The Morgan fingerprint density at radius 3 is 2.80 bits per heavy atom. The molecule has 6 nitrogen and oxygen atoms in total. The SMILES string of the molecule is CCC(C)C(N)c1n[nH]nc1C(=O)OC. The molecular weight excluding hydrogens is 196 g/mol. The van der Waals surface area contributed by atoms with E-state index in [1.54, 1.807) is 0 Å². The Morgan fingerprint density at radius 1 is 1.60 bits per heavy atom. The van der Waals surface area contributed by atoms with Gasteiger partial charge < -0.3 is 10.5 Å². The standard InChI is InChI=1S/C9H16N4O2/c1-4-5(2)6(10)7-8(9(14)15-3)12-13-11-7/h5-6H,4,10H2,1-3H3,(H,11,12,13). The smallest absolute Gasteiger partial charge is 0.360 e. The van der Waals surface area contributed by atoms with Crippen LogP contribution in [0.5, 0.6) is 0 Å². The molecule has 0 saturated heterocycles. The highest BCUT2D eigenvalue weighted by Gasteiger charge is 2.24. The second-order valence-electron chi connectivity index (χ2n) is 3.46. The molecule has 2 atom stereocenters. The average Bonchev–Trinajstić information content (AvgIpc) is 2.74. The lowest BCUT2D eigenvalue weighted by molar-refractivity contribution is 0.0591. The fourth-order valence-corrected chi connectivity index (χ4v) is 1.24. The van der Waals surface area contributed by atoms with E-state index in [2.05, 4.69) is 20.1 Å². The Bertz CT molecular complexity index is 337. The summed E-state index contributed by atoms with van der Waals surface area (Å²) in [6.07, 6.45) is 0.911. The molecule has 84 valence electrons. The minimum absolute atomic E-state index is 0.172. The van der Waals surface area contributed by atoms with Gasteiger partial charge in [0.1, 0.15) is 5.69 Å². The molecule has 3 N–H and O–H groups in total. The van der Waals surface area contributed by atoms with Gasteiger partial charge in [-0.15, -0.1) is 5.10 Å². The Morgan fingerprint density at radius 2 is 2.27 bits per heavy atom. The minimum atomic E-state index is -0.516. The molecule has 1 rings (SSSR count). The van der Waals surface area contributed by atoms with Crippen LogP contribution >= 0.6 is 0 Å². The highest BCUT2D eigenvalue weighted by atomic mass is 16.5. The molecule has 0 aliphatic heterocycles. The zero-order valence-electron chi connectivity index (χ0n) is 9.15. The highest BCUT2D eigenvalue weighted by molar-refractivity contribution is 5.88. The number of hydrogen-bond donors (Lipinski definition) is 2. The first-order valence-electron chi connectivity index (χ1n) is 4.86. The highest BCUT2D eigenvalue weighted by Crippen LogP contribution is 2.21. The Labute approximate surface area is 88.2 Å². The van der Waals surface area contributed by atoms with E-state index in [4.69, 9.17) is 5.73 Å². The van der Waals surface area contributed by atoms with Gasteiger partial charge in [-0.3, -0.25) is 0 Å². The van der Waals surface area contributed by atoms with Crippen molar-refractivity contribution in [2.75, 3.05) is 7.11 Å². The van der Waals surface area contributed by atoms with Crippen molar-refractivity contribution in [2.45, 2.75) is 26.3 Å². The summed E-state index contributed by atoms with van der Waals surface area (Å²) >= 11 is 0. The molecule has 1 aromatic rings. The monoisotopic (exact) mass is 212 g/mol. The number of nitrogens with one attached hydrogen (secondary N) is 1. The van der Waals surface area contributed by atoms with Gasteiger partial charge in [0.05, 0.1) is 13.2 Å². The molecule has 0 aliphatic carbocycles. The fourth-order valence-electron chi connectivity index (χ4n) is 1.24. The summed E-state index contributed by atoms with van der Waals surface area (Å²) < 4.78 is 4.58. The van der Waals surface area contributed by atoms with Crippen LogP contribution in [-0.2, 0) is 4.74 Å². The lowest BCUT2D eigenvalue weighted by Crippen LogP contribution is -2.22. The van der Waals surface area contributed by atoms with Crippen molar-refractivity contribution in [1.82, 2.24) is 15.4 Å². The molecule has 0 amide bonds. The summed E-state index contributed by atoms with van der Waals surface area (Å²) in [7, 11) is 1.30. The zero-order chi connectivity index (χ0) is 11.4. The molecule has 0 radical (unpaired) electrons. The molecule has 0 fully saturated rings. The minimum Gasteiger partial charge on any atom is -0.464 e. The molecule has 0 aromatic carbocycles. The van der Waals surface area contributed by atoms with Crippen LogP contribution in [0.3, 0.4) is 0 Å². The summed E-state index contributed by atoms with van der Waals surface area (Å²) in [5.74, 6) is -0.281. The van der Waals surface area contributed by atoms with Gasteiger partial charge in [-0.25, -0.2) is 4.79 Å². The number of methoxy groups -OCH3 is 1. The van der Waals surface area contributed by atoms with Gasteiger partial charge in [-0.2, -0.15) is 10.3 Å². The first kappa shape index (κ1) is 11.6.